The Kier molecular flexibility index (Phi) is 6.46. The van der Waals surface area contributed by atoms with Gasteiger partial charge < -0.3 is 15.8 Å². The number of nitrogens with two attached hydrogens (primary N) is 1. The number of rotatable bonds is 6. The van der Waals surface area contributed by atoms with E-state index in [2.05, 4.69) is 47.8 Å². The van der Waals surface area contributed by atoms with Gasteiger partial charge in [0, 0.05) is 24.2 Å². The van der Waals surface area contributed by atoms with E-state index in [1.807, 2.05) is 55.5 Å². The zero-order valence-corrected chi connectivity index (χ0v) is 21.5. The Balaban J connectivity index is 1.73. The summed E-state index contributed by atoms with van der Waals surface area (Å²) in [6, 6.07) is 14.8. The van der Waals surface area contributed by atoms with Crippen LogP contribution in [0.25, 0.3) is 27.7 Å². The molecule has 11 heteroatoms. The molecular weight excluding hydrogens is 571 g/mol. The van der Waals surface area contributed by atoms with Crippen molar-refractivity contribution in [1.29, 1.82) is 0 Å². The zero-order chi connectivity index (χ0) is 25.2. The summed E-state index contributed by atoms with van der Waals surface area (Å²) in [6.45, 7) is 1.92. The van der Waals surface area contributed by atoms with Gasteiger partial charge in [0.05, 0.1) is 33.3 Å². The number of benzene rings is 2. The summed E-state index contributed by atoms with van der Waals surface area (Å²) < 4.78 is 7.49. The maximum Gasteiger partial charge on any atom is 0.316 e. The molecule has 3 heterocycles. The Labute approximate surface area is 219 Å². The molecule has 10 nitrogen and oxygen atoms in total. The molecule has 0 bridgehead atoms. The highest BCUT2D eigenvalue weighted by Crippen LogP contribution is 2.28. The molecule has 0 aliphatic rings. The molecule has 0 aliphatic carbocycles. The standard InChI is InChI=1S/C25H21IN8O2/c1-14(31-21-18(26)13-28-24(27)33-21)22-32-19-10-6-9-17(15-11-29-25(36-2)30-12-15)20(19)23(35)34(22)16-7-4-3-5-8-16/h3-14H,1-2H3,(H3,27,28,31,33)/t14-/m0/s1. The number of nitrogen functional groups attached to an aromatic ring is 1. The van der Waals surface area contributed by atoms with Crippen molar-refractivity contribution < 1.29 is 4.74 Å². The molecule has 0 fully saturated rings. The molecule has 180 valence electrons. The number of aromatic nitrogens is 6. The number of halogens is 1. The maximum atomic E-state index is 14.1. The Morgan fingerprint density at radius 1 is 1.00 bits per heavy atom. The molecule has 0 aliphatic heterocycles. The van der Waals surface area contributed by atoms with Crippen molar-refractivity contribution in [2.75, 3.05) is 18.2 Å². The highest BCUT2D eigenvalue weighted by molar-refractivity contribution is 14.1. The first-order valence-electron chi connectivity index (χ1n) is 11.0. The van der Waals surface area contributed by atoms with E-state index in [1.54, 1.807) is 23.2 Å². The molecule has 3 N–H and O–H groups in total. The SMILES string of the molecule is COc1ncc(-c2cccc3nc([C@H](C)Nc4nc(N)ncc4I)n(-c4ccccc4)c(=O)c23)cn1. The summed E-state index contributed by atoms with van der Waals surface area (Å²) in [5.41, 5.74) is 8.20. The lowest BCUT2D eigenvalue weighted by atomic mass is 10.0. The van der Waals surface area contributed by atoms with Gasteiger partial charge in [0.2, 0.25) is 5.95 Å². The topological polar surface area (TPSA) is 134 Å². The minimum atomic E-state index is -0.391. The molecule has 0 unspecified atom stereocenters. The number of methoxy groups -OCH3 is 1. The lowest BCUT2D eigenvalue weighted by Crippen LogP contribution is -2.28. The van der Waals surface area contributed by atoms with Gasteiger partial charge >= 0.3 is 6.01 Å². The van der Waals surface area contributed by atoms with E-state index in [4.69, 9.17) is 15.5 Å². The van der Waals surface area contributed by atoms with Crippen LogP contribution in [0.1, 0.15) is 18.8 Å². The van der Waals surface area contributed by atoms with Crippen LogP contribution in [0.4, 0.5) is 11.8 Å². The second-order valence-electron chi connectivity index (χ2n) is 7.90. The quantitative estimate of drug-likeness (QED) is 0.281. The fourth-order valence-corrected chi connectivity index (χ4v) is 4.33. The molecule has 2 aromatic carbocycles. The van der Waals surface area contributed by atoms with Gasteiger partial charge in [0.25, 0.3) is 5.56 Å². The molecule has 0 amide bonds. The van der Waals surface area contributed by atoms with Crippen LogP contribution in [0.15, 0.2) is 71.9 Å². The van der Waals surface area contributed by atoms with E-state index >= 15 is 0 Å². The van der Waals surface area contributed by atoms with Crippen molar-refractivity contribution in [3.05, 3.63) is 86.9 Å². The largest absolute Gasteiger partial charge is 0.467 e. The first-order chi connectivity index (χ1) is 17.5. The lowest BCUT2D eigenvalue weighted by Gasteiger charge is -2.21. The average molecular weight is 592 g/mol. The number of para-hydroxylation sites is 1. The van der Waals surface area contributed by atoms with E-state index in [1.165, 1.54) is 7.11 Å². The lowest BCUT2D eigenvalue weighted by molar-refractivity contribution is 0.380. The Hall–Kier alpha value is -4.13. The number of nitrogens with one attached hydrogen (secondary N) is 1. The third kappa shape index (κ3) is 4.44. The van der Waals surface area contributed by atoms with Gasteiger partial charge in [0.1, 0.15) is 11.6 Å². The first kappa shape index (κ1) is 23.6. The smallest absolute Gasteiger partial charge is 0.316 e. The van der Waals surface area contributed by atoms with Crippen LogP contribution in [-0.2, 0) is 0 Å². The summed E-state index contributed by atoms with van der Waals surface area (Å²) in [7, 11) is 1.50. The third-order valence-electron chi connectivity index (χ3n) is 5.56. The second-order valence-corrected chi connectivity index (χ2v) is 9.06. The van der Waals surface area contributed by atoms with E-state index in [0.29, 0.717) is 39.4 Å². The van der Waals surface area contributed by atoms with Crippen molar-refractivity contribution in [1.82, 2.24) is 29.5 Å². The highest BCUT2D eigenvalue weighted by Gasteiger charge is 2.21. The molecule has 5 rings (SSSR count). The molecule has 0 saturated heterocycles. The zero-order valence-electron chi connectivity index (χ0n) is 19.4. The van der Waals surface area contributed by atoms with Gasteiger partial charge in [-0.1, -0.05) is 30.3 Å². The third-order valence-corrected chi connectivity index (χ3v) is 6.35. The van der Waals surface area contributed by atoms with Crippen LogP contribution >= 0.6 is 22.6 Å². The molecule has 3 aromatic heterocycles. The first-order valence-corrected chi connectivity index (χ1v) is 12.1. The van der Waals surface area contributed by atoms with Crippen LogP contribution in [0.2, 0.25) is 0 Å². The van der Waals surface area contributed by atoms with Gasteiger partial charge in [-0.25, -0.2) is 19.9 Å². The molecule has 36 heavy (non-hydrogen) atoms. The predicted octanol–water partition coefficient (Wildman–Crippen LogP) is 4.00. The molecule has 0 saturated carbocycles. The Morgan fingerprint density at radius 2 is 1.75 bits per heavy atom. The van der Waals surface area contributed by atoms with Gasteiger partial charge in [-0.05, 0) is 53.3 Å². The summed E-state index contributed by atoms with van der Waals surface area (Å²) >= 11 is 2.13. The van der Waals surface area contributed by atoms with Crippen molar-refractivity contribution >= 4 is 45.3 Å². The van der Waals surface area contributed by atoms with Crippen molar-refractivity contribution in [2.45, 2.75) is 13.0 Å². The van der Waals surface area contributed by atoms with Gasteiger partial charge in [0.15, 0.2) is 0 Å². The maximum absolute atomic E-state index is 14.1. The van der Waals surface area contributed by atoms with Crippen LogP contribution in [0.5, 0.6) is 6.01 Å². The van der Waals surface area contributed by atoms with E-state index in [9.17, 15) is 4.79 Å². The van der Waals surface area contributed by atoms with Gasteiger partial charge in [-0.3, -0.25) is 9.36 Å². The normalized spacial score (nSPS) is 11.9. The number of ether oxygens (including phenoxy) is 1. The number of fused-ring (bicyclic) bond motifs is 1. The van der Waals surface area contributed by atoms with Crippen molar-refractivity contribution in [3.8, 4) is 22.8 Å². The Morgan fingerprint density at radius 3 is 2.47 bits per heavy atom. The predicted molar refractivity (Wildman–Crippen MR) is 146 cm³/mol. The fraction of sp³-hybridized carbons (Fsp3) is 0.120. The van der Waals surface area contributed by atoms with Crippen LogP contribution in [0, 0.1) is 3.57 Å². The molecule has 0 spiro atoms. The average Bonchev–Trinajstić information content (AvgIpc) is 2.90. The van der Waals surface area contributed by atoms with Crippen LogP contribution in [-0.4, -0.2) is 36.6 Å². The van der Waals surface area contributed by atoms with Crippen LogP contribution < -0.4 is 21.3 Å². The van der Waals surface area contributed by atoms with E-state index in [-0.39, 0.29) is 17.5 Å². The fourth-order valence-electron chi connectivity index (χ4n) is 3.92. The molecular formula is C25H21IN8O2. The number of nitrogens with zero attached hydrogens (tertiary/aromatic N) is 6. The molecule has 0 radical (unpaired) electrons. The number of hydrogen-bond acceptors (Lipinski definition) is 9. The Bertz CT molecular complexity index is 1610. The summed E-state index contributed by atoms with van der Waals surface area (Å²) in [6.07, 6.45) is 4.90. The van der Waals surface area contributed by atoms with Gasteiger partial charge in [-0.15, -0.1) is 0 Å². The van der Waals surface area contributed by atoms with Gasteiger partial charge in [-0.2, -0.15) is 4.98 Å². The van der Waals surface area contributed by atoms with Crippen LogP contribution in [0.3, 0.4) is 0 Å². The monoisotopic (exact) mass is 592 g/mol. The second kappa shape index (κ2) is 9.85. The minimum Gasteiger partial charge on any atom is -0.467 e. The summed E-state index contributed by atoms with van der Waals surface area (Å²) in [5, 5.41) is 3.80. The van der Waals surface area contributed by atoms with E-state index < -0.39 is 6.04 Å². The van der Waals surface area contributed by atoms with Crippen molar-refractivity contribution in [3.63, 3.8) is 0 Å². The van der Waals surface area contributed by atoms with Crippen molar-refractivity contribution in [2.24, 2.45) is 0 Å². The molecule has 5 aromatic rings. The summed E-state index contributed by atoms with van der Waals surface area (Å²) in [5.74, 6) is 1.24. The molecule has 1 atom stereocenters. The van der Waals surface area contributed by atoms with E-state index in [0.717, 1.165) is 3.57 Å². The number of anilines is 2. The minimum absolute atomic E-state index is 0.156. The highest BCUT2D eigenvalue weighted by atomic mass is 127. The summed E-state index contributed by atoms with van der Waals surface area (Å²) in [4.78, 5) is 35.8. The number of hydrogen-bond donors (Lipinski definition) is 2.